The van der Waals surface area contributed by atoms with Gasteiger partial charge in [-0.2, -0.15) is 4.98 Å². The lowest BCUT2D eigenvalue weighted by molar-refractivity contribution is 0.269. The molecular weight excluding hydrogens is 382 g/mol. The van der Waals surface area contributed by atoms with Gasteiger partial charge in [0.1, 0.15) is 17.0 Å². The summed E-state index contributed by atoms with van der Waals surface area (Å²) in [4.78, 5) is 13.6. The molecule has 1 aromatic carbocycles. The van der Waals surface area contributed by atoms with Crippen molar-refractivity contribution in [1.29, 1.82) is 0 Å². The van der Waals surface area contributed by atoms with E-state index >= 15 is 0 Å². The quantitative estimate of drug-likeness (QED) is 0.414. The van der Waals surface area contributed by atoms with Crippen LogP contribution >= 0.6 is 0 Å². The largest absolute Gasteiger partial charge is 0.497 e. The number of rotatable bonds is 11. The topological polar surface area (TPSA) is 101 Å². The number of ether oxygens (including phenoxy) is 2. The molecule has 1 atom stereocenters. The third-order valence-corrected chi connectivity index (χ3v) is 4.67. The van der Waals surface area contributed by atoms with Gasteiger partial charge in [0, 0.05) is 24.4 Å². The molecule has 3 rings (SSSR count). The summed E-state index contributed by atoms with van der Waals surface area (Å²) in [6, 6.07) is 9.20. The van der Waals surface area contributed by atoms with Crippen molar-refractivity contribution < 1.29 is 14.6 Å². The lowest BCUT2D eigenvalue weighted by Gasteiger charge is -2.18. The predicted octanol–water partition coefficient (Wildman–Crippen LogP) is 3.39. The molecule has 0 aliphatic heterocycles. The Hall–Kier alpha value is -3.39. The Balaban J connectivity index is 1.85. The molecule has 2 aromatic heterocycles. The van der Waals surface area contributed by atoms with Gasteiger partial charge < -0.3 is 25.2 Å². The number of hydrogen-bond acceptors (Lipinski definition) is 8. The standard InChI is InChI=1S/C22H27N5O3/c1-4-5-7-16(14-28)25-21-20-18(8-6-11-23-20)26-22(27-21)24-13-15-9-10-17(29-2)12-19(15)30-3/h4,6,8-12,16,28H,1,5,7,13-14H2,2-3H3,(H2,24,25,26,27). The molecule has 8 nitrogen and oxygen atoms in total. The van der Waals surface area contributed by atoms with E-state index in [1.165, 1.54) is 0 Å². The van der Waals surface area contributed by atoms with Crippen molar-refractivity contribution >= 4 is 22.8 Å². The van der Waals surface area contributed by atoms with E-state index in [9.17, 15) is 5.11 Å². The molecule has 0 amide bonds. The van der Waals surface area contributed by atoms with Crippen molar-refractivity contribution in [3.63, 3.8) is 0 Å². The second kappa shape index (κ2) is 10.4. The maximum Gasteiger partial charge on any atom is 0.225 e. The Morgan fingerprint density at radius 3 is 2.80 bits per heavy atom. The first-order valence-electron chi connectivity index (χ1n) is 9.74. The van der Waals surface area contributed by atoms with Gasteiger partial charge in [-0.1, -0.05) is 6.08 Å². The van der Waals surface area contributed by atoms with Crippen LogP contribution in [0.5, 0.6) is 11.5 Å². The van der Waals surface area contributed by atoms with E-state index in [2.05, 4.69) is 32.2 Å². The van der Waals surface area contributed by atoms with Gasteiger partial charge in [-0.25, -0.2) is 4.98 Å². The van der Waals surface area contributed by atoms with Crippen molar-refractivity contribution in [3.05, 3.63) is 54.7 Å². The molecule has 0 aliphatic rings. The number of fused-ring (bicyclic) bond motifs is 1. The summed E-state index contributed by atoms with van der Waals surface area (Å²) in [5, 5.41) is 16.2. The van der Waals surface area contributed by atoms with Gasteiger partial charge in [0.2, 0.25) is 5.95 Å². The first-order valence-corrected chi connectivity index (χ1v) is 9.74. The summed E-state index contributed by atoms with van der Waals surface area (Å²) in [7, 11) is 3.24. The summed E-state index contributed by atoms with van der Waals surface area (Å²) in [5.41, 5.74) is 2.31. The Kier molecular flexibility index (Phi) is 7.40. The summed E-state index contributed by atoms with van der Waals surface area (Å²) >= 11 is 0. The molecule has 0 radical (unpaired) electrons. The number of anilines is 2. The van der Waals surface area contributed by atoms with Crippen LogP contribution in [0.15, 0.2) is 49.2 Å². The average molecular weight is 409 g/mol. The van der Waals surface area contributed by atoms with Crippen LogP contribution in [0.1, 0.15) is 18.4 Å². The van der Waals surface area contributed by atoms with E-state index in [-0.39, 0.29) is 12.6 Å². The number of pyridine rings is 1. The number of allylic oxidation sites excluding steroid dienone is 1. The number of aromatic nitrogens is 3. The second-order valence-electron chi connectivity index (χ2n) is 6.69. The van der Waals surface area contributed by atoms with Crippen LogP contribution in [0, 0.1) is 0 Å². The number of aliphatic hydroxyl groups is 1. The maximum atomic E-state index is 9.71. The molecule has 0 bridgehead atoms. The molecule has 0 spiro atoms. The highest BCUT2D eigenvalue weighted by molar-refractivity contribution is 5.86. The van der Waals surface area contributed by atoms with Crippen molar-refractivity contribution in [3.8, 4) is 11.5 Å². The van der Waals surface area contributed by atoms with E-state index in [1.54, 1.807) is 20.4 Å². The van der Waals surface area contributed by atoms with Gasteiger partial charge in [0.05, 0.1) is 32.4 Å². The monoisotopic (exact) mass is 409 g/mol. The molecule has 0 saturated heterocycles. The molecule has 1 unspecified atom stereocenters. The van der Waals surface area contributed by atoms with Crippen molar-refractivity contribution in [2.75, 3.05) is 31.5 Å². The van der Waals surface area contributed by atoms with Crippen LogP contribution in [-0.4, -0.2) is 46.9 Å². The van der Waals surface area contributed by atoms with Crippen LogP contribution in [0.25, 0.3) is 11.0 Å². The minimum atomic E-state index is -0.155. The Morgan fingerprint density at radius 2 is 2.07 bits per heavy atom. The number of methoxy groups -OCH3 is 2. The van der Waals surface area contributed by atoms with Gasteiger partial charge in [0.15, 0.2) is 5.82 Å². The van der Waals surface area contributed by atoms with Gasteiger partial charge in [0.25, 0.3) is 0 Å². The maximum absolute atomic E-state index is 9.71. The van der Waals surface area contributed by atoms with Crippen LogP contribution in [0.2, 0.25) is 0 Å². The zero-order valence-electron chi connectivity index (χ0n) is 17.3. The van der Waals surface area contributed by atoms with E-state index < -0.39 is 0 Å². The number of hydrogen-bond donors (Lipinski definition) is 3. The van der Waals surface area contributed by atoms with Crippen molar-refractivity contribution in [1.82, 2.24) is 15.0 Å². The highest BCUT2D eigenvalue weighted by atomic mass is 16.5. The van der Waals surface area contributed by atoms with Gasteiger partial charge in [-0.3, -0.25) is 4.98 Å². The molecular formula is C22H27N5O3. The van der Waals surface area contributed by atoms with E-state index in [0.717, 1.165) is 24.2 Å². The molecule has 30 heavy (non-hydrogen) atoms. The fourth-order valence-corrected chi connectivity index (χ4v) is 3.04. The highest BCUT2D eigenvalue weighted by Gasteiger charge is 2.14. The third kappa shape index (κ3) is 5.15. The molecule has 0 aliphatic carbocycles. The van der Waals surface area contributed by atoms with E-state index in [1.807, 2.05) is 36.4 Å². The average Bonchev–Trinajstić information content (AvgIpc) is 2.80. The van der Waals surface area contributed by atoms with Gasteiger partial charge in [-0.05, 0) is 37.1 Å². The summed E-state index contributed by atoms with van der Waals surface area (Å²) in [6.45, 7) is 4.20. The summed E-state index contributed by atoms with van der Waals surface area (Å²) < 4.78 is 10.7. The first kappa shape index (κ1) is 21.3. The third-order valence-electron chi connectivity index (χ3n) is 4.67. The minimum Gasteiger partial charge on any atom is -0.497 e. The van der Waals surface area contributed by atoms with E-state index in [0.29, 0.717) is 35.1 Å². The lowest BCUT2D eigenvalue weighted by atomic mass is 10.1. The van der Waals surface area contributed by atoms with Crippen LogP contribution in [0.4, 0.5) is 11.8 Å². The van der Waals surface area contributed by atoms with Crippen molar-refractivity contribution in [2.45, 2.75) is 25.4 Å². The molecule has 0 saturated carbocycles. The minimum absolute atomic E-state index is 0.0159. The molecule has 2 heterocycles. The van der Waals surface area contributed by atoms with Crippen LogP contribution in [-0.2, 0) is 6.54 Å². The van der Waals surface area contributed by atoms with E-state index in [4.69, 9.17) is 9.47 Å². The molecule has 3 N–H and O–H groups in total. The molecule has 158 valence electrons. The number of nitrogens with zero attached hydrogens (tertiary/aromatic N) is 3. The molecule has 8 heteroatoms. The first-order chi connectivity index (χ1) is 14.7. The van der Waals surface area contributed by atoms with Gasteiger partial charge >= 0.3 is 0 Å². The SMILES string of the molecule is C=CCCC(CO)Nc1nc(NCc2ccc(OC)cc2OC)nc2cccnc12. The number of aliphatic hydroxyl groups excluding tert-OH is 1. The molecule has 0 fully saturated rings. The normalized spacial score (nSPS) is 11.7. The van der Waals surface area contributed by atoms with Gasteiger partial charge in [-0.15, -0.1) is 6.58 Å². The Labute approximate surface area is 176 Å². The summed E-state index contributed by atoms with van der Waals surface area (Å²) in [6.07, 6.45) is 5.06. The summed E-state index contributed by atoms with van der Waals surface area (Å²) in [5.74, 6) is 2.47. The lowest BCUT2D eigenvalue weighted by Crippen LogP contribution is -2.24. The van der Waals surface area contributed by atoms with Crippen molar-refractivity contribution in [2.24, 2.45) is 0 Å². The Morgan fingerprint density at radius 1 is 1.20 bits per heavy atom. The fraction of sp³-hybridized carbons (Fsp3) is 0.318. The smallest absolute Gasteiger partial charge is 0.225 e. The highest BCUT2D eigenvalue weighted by Crippen LogP contribution is 2.26. The second-order valence-corrected chi connectivity index (χ2v) is 6.69. The zero-order chi connectivity index (χ0) is 21.3. The number of benzene rings is 1. The number of nitrogens with one attached hydrogen (secondary N) is 2. The fourth-order valence-electron chi connectivity index (χ4n) is 3.04. The van der Waals surface area contributed by atoms with Crippen LogP contribution < -0.4 is 20.1 Å². The Bertz CT molecular complexity index is 996. The zero-order valence-corrected chi connectivity index (χ0v) is 17.3. The predicted molar refractivity (Wildman–Crippen MR) is 118 cm³/mol. The van der Waals surface area contributed by atoms with Crippen LogP contribution in [0.3, 0.4) is 0 Å². The molecule has 3 aromatic rings.